The molecule has 12 nitrogen and oxygen atoms in total. The molecule has 2 aromatic carbocycles. The van der Waals surface area contributed by atoms with E-state index in [0.29, 0.717) is 49.1 Å². The van der Waals surface area contributed by atoms with Gasteiger partial charge in [0.05, 0.1) is 37.7 Å². The monoisotopic (exact) mass is 795 g/mol. The first-order valence-corrected chi connectivity index (χ1v) is 19.0. The number of hydrogen-bond acceptors (Lipinski definition) is 9. The first-order valence-electron chi connectivity index (χ1n) is 18.1. The molecular formula is C40H50BrN3O9. The highest BCUT2D eigenvalue weighted by molar-refractivity contribution is 9.09. The number of amides is 3. The number of alkyl halides is 1. The highest BCUT2D eigenvalue weighted by atomic mass is 79.9. The van der Waals surface area contributed by atoms with E-state index >= 15 is 0 Å². The number of halogens is 1. The molecule has 8 atom stereocenters. The fourth-order valence-corrected chi connectivity index (χ4v) is 8.92. The van der Waals surface area contributed by atoms with Crippen molar-refractivity contribution in [3.05, 3.63) is 85.5 Å². The fourth-order valence-electron chi connectivity index (χ4n) is 7.98. The molecule has 1 spiro atoms. The molecule has 0 aliphatic carbocycles. The van der Waals surface area contributed by atoms with Crippen LogP contribution in [-0.2, 0) is 33.4 Å². The van der Waals surface area contributed by atoms with E-state index in [4.69, 9.17) is 18.9 Å². The Morgan fingerprint density at radius 2 is 1.83 bits per heavy atom. The Balaban J connectivity index is 1.51. The molecule has 3 saturated heterocycles. The standard InChI is InChI=1S/C40H50BrN3O9/c1-5-7-16-31(46)42-30(25-50-3)34(26-14-10-8-11-15-26)52-39(49)32-33-37(47)44(22-12-9-13-23-45)36(40(33)24-29(41)35(32)53-40)38(48)43(21-6-2)27-17-19-28(51-4)20-18-27/h5-6,8,10-11,14-15,17-20,29-30,32-36,45H,1-2,7,9,12-13,16,21-25H2,3-4H3,(H,42,46)/t29?,30-,32+,33-,34-,35+,36+,40-/m0/s1. The van der Waals surface area contributed by atoms with Gasteiger partial charge >= 0.3 is 5.97 Å². The van der Waals surface area contributed by atoms with Crippen LogP contribution in [0.25, 0.3) is 0 Å². The van der Waals surface area contributed by atoms with Crippen molar-refractivity contribution in [3.63, 3.8) is 0 Å². The number of ether oxygens (including phenoxy) is 4. The van der Waals surface area contributed by atoms with Crippen LogP contribution in [0.4, 0.5) is 5.69 Å². The molecule has 0 aromatic heterocycles. The summed E-state index contributed by atoms with van der Waals surface area (Å²) in [6, 6.07) is 14.3. The summed E-state index contributed by atoms with van der Waals surface area (Å²) >= 11 is 3.74. The van der Waals surface area contributed by atoms with E-state index in [1.807, 2.05) is 18.2 Å². The van der Waals surface area contributed by atoms with Crippen molar-refractivity contribution < 1.29 is 43.2 Å². The van der Waals surface area contributed by atoms with Gasteiger partial charge in [0.25, 0.3) is 5.91 Å². The van der Waals surface area contributed by atoms with Crippen LogP contribution in [-0.4, -0.2) is 103 Å². The summed E-state index contributed by atoms with van der Waals surface area (Å²) in [6.07, 6.45) is 4.29. The van der Waals surface area contributed by atoms with Crippen LogP contribution in [0.3, 0.4) is 0 Å². The lowest BCUT2D eigenvalue weighted by molar-refractivity contribution is -0.163. The molecule has 53 heavy (non-hydrogen) atoms. The number of aliphatic hydroxyl groups is 1. The van der Waals surface area contributed by atoms with Crippen molar-refractivity contribution in [3.8, 4) is 5.75 Å². The topological polar surface area (TPSA) is 144 Å². The number of benzene rings is 2. The quantitative estimate of drug-likeness (QED) is 0.0857. The maximum Gasteiger partial charge on any atom is 0.313 e. The second-order valence-electron chi connectivity index (χ2n) is 13.6. The van der Waals surface area contributed by atoms with Crippen LogP contribution in [0.5, 0.6) is 5.75 Å². The van der Waals surface area contributed by atoms with E-state index in [2.05, 4.69) is 34.4 Å². The van der Waals surface area contributed by atoms with E-state index < -0.39 is 47.7 Å². The third kappa shape index (κ3) is 8.38. The van der Waals surface area contributed by atoms with Crippen molar-refractivity contribution in [2.24, 2.45) is 11.8 Å². The Morgan fingerprint density at radius 3 is 2.47 bits per heavy atom. The van der Waals surface area contributed by atoms with Gasteiger partial charge < -0.3 is 39.2 Å². The van der Waals surface area contributed by atoms with Crippen LogP contribution in [0.2, 0.25) is 0 Å². The van der Waals surface area contributed by atoms with Crippen molar-refractivity contribution >= 4 is 45.3 Å². The zero-order chi connectivity index (χ0) is 38.1. The number of carbonyl (C=O) groups is 4. The Morgan fingerprint density at radius 1 is 1.09 bits per heavy atom. The summed E-state index contributed by atoms with van der Waals surface area (Å²) < 4.78 is 23.9. The lowest BCUT2D eigenvalue weighted by Gasteiger charge is -2.37. The number of unbranched alkanes of at least 4 members (excludes halogenated alkanes) is 2. The van der Waals surface area contributed by atoms with E-state index in [-0.39, 0.29) is 55.3 Å². The molecule has 0 saturated carbocycles. The van der Waals surface area contributed by atoms with Gasteiger partial charge in [0.15, 0.2) is 0 Å². The molecular weight excluding hydrogens is 746 g/mol. The van der Waals surface area contributed by atoms with Crippen molar-refractivity contribution in [2.45, 2.75) is 73.2 Å². The number of anilines is 1. The number of carbonyl (C=O) groups excluding carboxylic acids is 4. The number of methoxy groups -OCH3 is 2. The third-order valence-electron chi connectivity index (χ3n) is 10.3. The number of hydrogen-bond donors (Lipinski definition) is 2. The summed E-state index contributed by atoms with van der Waals surface area (Å²) in [5.41, 5.74) is -0.101. The molecule has 1 unspecified atom stereocenters. The SMILES string of the molecule is C=CCCC(=O)N[C@@H](COC)[C@@H](OC(=O)[C@H]1[C@@H]2O[C@@]3(CC2Br)[C@@H]1C(=O)N(CCCCCO)[C@@H]3C(=O)N(CC=C)c1ccc(OC)cc1)c1ccccc1. The number of nitrogens with one attached hydrogen (secondary N) is 1. The highest BCUT2D eigenvalue weighted by Crippen LogP contribution is 2.60. The first kappa shape index (κ1) is 40.2. The number of rotatable bonds is 20. The molecule has 2 N–H and O–H groups in total. The van der Waals surface area contributed by atoms with Crippen LogP contribution < -0.4 is 15.0 Å². The van der Waals surface area contributed by atoms with Crippen LogP contribution >= 0.6 is 15.9 Å². The smallest absolute Gasteiger partial charge is 0.313 e. The average molecular weight is 797 g/mol. The van der Waals surface area contributed by atoms with Gasteiger partial charge in [-0.1, -0.05) is 58.4 Å². The molecule has 3 amide bonds. The number of nitrogens with zero attached hydrogens (tertiary/aromatic N) is 2. The summed E-state index contributed by atoms with van der Waals surface area (Å²) in [6.45, 7) is 8.04. The maximum atomic E-state index is 14.9. The third-order valence-corrected chi connectivity index (χ3v) is 11.2. The second kappa shape index (κ2) is 18.3. The minimum Gasteiger partial charge on any atom is -0.497 e. The van der Waals surface area contributed by atoms with Gasteiger partial charge in [0.2, 0.25) is 11.8 Å². The zero-order valence-corrected chi connectivity index (χ0v) is 31.9. The number of likely N-dealkylation sites (tertiary alicyclic amines) is 1. The molecule has 3 heterocycles. The van der Waals surface area contributed by atoms with Crippen LogP contribution in [0.15, 0.2) is 79.9 Å². The van der Waals surface area contributed by atoms with Gasteiger partial charge in [-0.15, -0.1) is 13.2 Å². The summed E-state index contributed by atoms with van der Waals surface area (Å²) in [5, 5.41) is 12.4. The fraction of sp³-hybridized carbons (Fsp3) is 0.500. The van der Waals surface area contributed by atoms with E-state index in [1.165, 1.54) is 7.11 Å². The van der Waals surface area contributed by atoms with Crippen molar-refractivity contribution in [2.75, 3.05) is 45.4 Å². The average Bonchev–Trinajstić information content (AvgIpc) is 3.76. The maximum absolute atomic E-state index is 14.9. The minimum absolute atomic E-state index is 0.0127. The van der Waals surface area contributed by atoms with Gasteiger partial charge in [-0.05, 0) is 61.9 Å². The van der Waals surface area contributed by atoms with E-state index in [0.717, 1.165) is 0 Å². The van der Waals surface area contributed by atoms with E-state index in [9.17, 15) is 24.3 Å². The Bertz CT molecular complexity index is 1610. The van der Waals surface area contributed by atoms with E-state index in [1.54, 1.807) is 65.5 Å². The molecule has 13 heteroatoms. The molecule has 2 bridgehead atoms. The summed E-state index contributed by atoms with van der Waals surface area (Å²) in [4.78, 5) is 59.9. The summed E-state index contributed by atoms with van der Waals surface area (Å²) in [7, 11) is 3.06. The minimum atomic E-state index is -1.33. The first-order chi connectivity index (χ1) is 25.6. The number of esters is 1. The van der Waals surface area contributed by atoms with Crippen LogP contribution in [0.1, 0.15) is 50.2 Å². The van der Waals surface area contributed by atoms with Crippen molar-refractivity contribution in [1.29, 1.82) is 0 Å². The van der Waals surface area contributed by atoms with Gasteiger partial charge in [-0.2, -0.15) is 0 Å². The number of allylic oxidation sites excluding steroid dienone is 1. The lowest BCUT2D eigenvalue weighted by atomic mass is 9.70. The molecule has 3 aliphatic heterocycles. The van der Waals surface area contributed by atoms with Gasteiger partial charge in [-0.3, -0.25) is 19.2 Å². The van der Waals surface area contributed by atoms with Gasteiger partial charge in [0.1, 0.15) is 23.5 Å². The molecule has 2 aromatic rings. The normalized spacial score (nSPS) is 25.3. The summed E-state index contributed by atoms with van der Waals surface area (Å²) in [5.74, 6) is -3.05. The Labute approximate surface area is 319 Å². The molecule has 5 rings (SSSR count). The molecule has 286 valence electrons. The van der Waals surface area contributed by atoms with Gasteiger partial charge in [-0.25, -0.2) is 0 Å². The molecule has 0 radical (unpaired) electrons. The van der Waals surface area contributed by atoms with Crippen LogP contribution in [0, 0.1) is 11.8 Å². The highest BCUT2D eigenvalue weighted by Gasteiger charge is 2.77. The second-order valence-corrected chi connectivity index (χ2v) is 14.8. The lowest BCUT2D eigenvalue weighted by Crippen LogP contribution is -2.57. The Kier molecular flexibility index (Phi) is 13.9. The predicted molar refractivity (Wildman–Crippen MR) is 202 cm³/mol. The van der Waals surface area contributed by atoms with Crippen molar-refractivity contribution in [1.82, 2.24) is 10.2 Å². The van der Waals surface area contributed by atoms with Gasteiger partial charge in [0, 0.05) is 43.7 Å². The predicted octanol–water partition coefficient (Wildman–Crippen LogP) is 4.51. The number of aliphatic hydroxyl groups excluding tert-OH is 1. The zero-order valence-electron chi connectivity index (χ0n) is 30.4. The number of fused-ring (bicyclic) bond motifs is 1. The largest absolute Gasteiger partial charge is 0.497 e. The Hall–Kier alpha value is -4.04. The molecule has 3 aliphatic rings. The molecule has 3 fully saturated rings.